The molecule has 0 saturated carbocycles. The van der Waals surface area contributed by atoms with E-state index in [1.165, 1.54) is 18.5 Å². The zero-order valence-electron chi connectivity index (χ0n) is 24.3. The van der Waals surface area contributed by atoms with Crippen LogP contribution in [-0.4, -0.2) is 62.3 Å². The highest BCUT2D eigenvalue weighted by molar-refractivity contribution is 5.86. The minimum atomic E-state index is -2.66. The van der Waals surface area contributed by atoms with Crippen molar-refractivity contribution in [3.8, 4) is 5.75 Å². The van der Waals surface area contributed by atoms with Crippen LogP contribution in [0.4, 0.5) is 19.4 Å². The van der Waals surface area contributed by atoms with Crippen molar-refractivity contribution in [2.24, 2.45) is 0 Å². The second-order valence-electron chi connectivity index (χ2n) is 12.4. The van der Waals surface area contributed by atoms with Gasteiger partial charge in [-0.25, -0.2) is 23.5 Å². The summed E-state index contributed by atoms with van der Waals surface area (Å²) >= 11 is 0. The molecule has 12 heteroatoms. The van der Waals surface area contributed by atoms with Crippen LogP contribution in [0.3, 0.4) is 0 Å². The number of nitrogen functional groups attached to an aromatic ring is 1. The first kappa shape index (κ1) is 28.4. The molecule has 1 aliphatic carbocycles. The highest BCUT2D eigenvalue weighted by atomic mass is 19.3. The van der Waals surface area contributed by atoms with E-state index in [1.54, 1.807) is 25.7 Å². The van der Waals surface area contributed by atoms with Crippen LogP contribution in [-0.2, 0) is 27.2 Å². The van der Waals surface area contributed by atoms with Gasteiger partial charge >= 0.3 is 6.09 Å². The molecule has 224 valence electrons. The fourth-order valence-corrected chi connectivity index (χ4v) is 5.89. The maximum absolute atomic E-state index is 13.9. The monoisotopic (exact) mass is 583 g/mol. The van der Waals surface area contributed by atoms with Gasteiger partial charge in [-0.05, 0) is 70.4 Å². The standard InChI is InChI=1S/C30H35F2N5O5/c1-29(2,3)42-28(38)36-8-6-16-10-17(25(31)32)12-22(20(16)13-36)39-14-18-11-21(24-23(18)40-30(4,5)41-24)37-9-7-19-26(33)34-15-35-27(19)37/h7,9-12,15,21,23-25H,6,8,13-14H2,1-5H3,(H2,33,34,35)/t21-,23-,24+/m1/s1. The summed E-state index contributed by atoms with van der Waals surface area (Å²) in [5.41, 5.74) is 8.19. The smallest absolute Gasteiger partial charge is 0.410 e. The van der Waals surface area contributed by atoms with Gasteiger partial charge in [0.25, 0.3) is 6.43 Å². The van der Waals surface area contributed by atoms with Gasteiger partial charge in [-0.1, -0.05) is 6.08 Å². The molecule has 42 heavy (non-hydrogen) atoms. The Morgan fingerprint density at radius 3 is 2.76 bits per heavy atom. The van der Waals surface area contributed by atoms with E-state index in [2.05, 4.69) is 9.97 Å². The number of carbonyl (C=O) groups excluding carboxylic acids is 1. The number of amides is 1. The number of nitrogens with zero attached hydrogens (tertiary/aromatic N) is 4. The van der Waals surface area contributed by atoms with Gasteiger partial charge in [-0.2, -0.15) is 0 Å². The van der Waals surface area contributed by atoms with Gasteiger partial charge < -0.3 is 34.1 Å². The molecule has 2 N–H and O–H groups in total. The first-order valence-electron chi connectivity index (χ1n) is 14.0. The fourth-order valence-electron chi connectivity index (χ4n) is 5.89. The summed E-state index contributed by atoms with van der Waals surface area (Å²) in [7, 11) is 0. The Morgan fingerprint density at radius 2 is 2.02 bits per heavy atom. The first-order valence-corrected chi connectivity index (χ1v) is 14.0. The lowest BCUT2D eigenvalue weighted by molar-refractivity contribution is -0.148. The number of alkyl halides is 2. The number of hydrogen-bond acceptors (Lipinski definition) is 8. The number of carbonyl (C=O) groups is 1. The van der Waals surface area contributed by atoms with Crippen molar-refractivity contribution in [2.75, 3.05) is 18.9 Å². The van der Waals surface area contributed by atoms with Crippen molar-refractivity contribution < 1.29 is 32.5 Å². The van der Waals surface area contributed by atoms with Crippen LogP contribution in [0, 0.1) is 0 Å². The van der Waals surface area contributed by atoms with E-state index in [4.69, 9.17) is 24.7 Å². The molecule has 6 rings (SSSR count). The number of benzene rings is 1. The minimum Gasteiger partial charge on any atom is -0.489 e. The second kappa shape index (κ2) is 10.2. The van der Waals surface area contributed by atoms with Crippen LogP contribution in [0.25, 0.3) is 11.0 Å². The topological polar surface area (TPSA) is 114 Å². The van der Waals surface area contributed by atoms with Gasteiger partial charge in [-0.3, -0.25) is 0 Å². The Balaban J connectivity index is 1.30. The number of fused-ring (bicyclic) bond motifs is 3. The van der Waals surface area contributed by atoms with Crippen LogP contribution in [0.15, 0.2) is 42.4 Å². The zero-order valence-corrected chi connectivity index (χ0v) is 24.3. The number of rotatable bonds is 5. The molecule has 3 atom stereocenters. The molecule has 0 bridgehead atoms. The number of hydrogen-bond donors (Lipinski definition) is 1. The number of aromatic nitrogens is 3. The molecule has 1 aromatic carbocycles. The van der Waals surface area contributed by atoms with Crippen molar-refractivity contribution in [1.82, 2.24) is 19.4 Å². The molecule has 2 aromatic heterocycles. The number of halogens is 2. The predicted molar refractivity (Wildman–Crippen MR) is 150 cm³/mol. The summed E-state index contributed by atoms with van der Waals surface area (Å²) in [5, 5.41) is 0.732. The largest absolute Gasteiger partial charge is 0.489 e. The van der Waals surface area contributed by atoms with E-state index in [1.807, 2.05) is 36.8 Å². The summed E-state index contributed by atoms with van der Waals surface area (Å²) in [6.45, 7) is 9.75. The van der Waals surface area contributed by atoms with Crippen LogP contribution in [0.5, 0.6) is 5.75 Å². The van der Waals surface area contributed by atoms with Crippen LogP contribution < -0.4 is 10.5 Å². The van der Waals surface area contributed by atoms with Gasteiger partial charge in [0.15, 0.2) is 5.79 Å². The highest BCUT2D eigenvalue weighted by Gasteiger charge is 2.51. The molecule has 0 spiro atoms. The van der Waals surface area contributed by atoms with E-state index in [-0.39, 0.29) is 30.9 Å². The predicted octanol–water partition coefficient (Wildman–Crippen LogP) is 5.32. The third kappa shape index (κ3) is 5.29. The summed E-state index contributed by atoms with van der Waals surface area (Å²) < 4.78 is 54.1. The zero-order chi connectivity index (χ0) is 30.0. The molecular formula is C30H35F2N5O5. The second-order valence-corrected chi connectivity index (χ2v) is 12.4. The van der Waals surface area contributed by atoms with Crippen LogP contribution in [0.1, 0.15) is 63.8 Å². The fraction of sp³-hybridized carbons (Fsp3) is 0.500. The van der Waals surface area contributed by atoms with Crippen molar-refractivity contribution >= 4 is 22.9 Å². The van der Waals surface area contributed by atoms with Crippen molar-refractivity contribution in [3.63, 3.8) is 0 Å². The summed E-state index contributed by atoms with van der Waals surface area (Å²) in [6.07, 6.45) is 1.83. The van der Waals surface area contributed by atoms with Gasteiger partial charge in [0.05, 0.1) is 18.0 Å². The van der Waals surface area contributed by atoms with Crippen molar-refractivity contribution in [2.45, 2.75) is 83.6 Å². The minimum absolute atomic E-state index is 0.0823. The highest BCUT2D eigenvalue weighted by Crippen LogP contribution is 2.45. The molecule has 3 aliphatic rings. The molecule has 0 unspecified atom stereocenters. The van der Waals surface area contributed by atoms with E-state index in [0.29, 0.717) is 35.7 Å². The van der Waals surface area contributed by atoms with Crippen LogP contribution >= 0.6 is 0 Å². The van der Waals surface area contributed by atoms with Crippen LogP contribution in [0.2, 0.25) is 0 Å². The molecule has 2 aliphatic heterocycles. The lowest BCUT2D eigenvalue weighted by Crippen LogP contribution is -2.40. The lowest BCUT2D eigenvalue weighted by atomic mass is 9.96. The Bertz CT molecular complexity index is 1560. The quantitative estimate of drug-likeness (QED) is 0.402. The Labute approximate surface area is 242 Å². The molecule has 4 heterocycles. The number of ether oxygens (including phenoxy) is 4. The maximum atomic E-state index is 13.9. The molecule has 1 fully saturated rings. The molecule has 0 radical (unpaired) electrons. The van der Waals surface area contributed by atoms with E-state index < -0.39 is 30.0 Å². The van der Waals surface area contributed by atoms with Gasteiger partial charge in [0, 0.05) is 23.9 Å². The van der Waals surface area contributed by atoms with E-state index in [9.17, 15) is 13.6 Å². The van der Waals surface area contributed by atoms with E-state index in [0.717, 1.165) is 16.5 Å². The van der Waals surface area contributed by atoms with Gasteiger partial charge in [-0.15, -0.1) is 0 Å². The average molecular weight is 584 g/mol. The molecule has 1 amide bonds. The molecule has 10 nitrogen and oxygen atoms in total. The summed E-state index contributed by atoms with van der Waals surface area (Å²) in [4.78, 5) is 22.9. The Hall–Kier alpha value is -3.77. The number of nitrogens with two attached hydrogens (primary N) is 1. The first-order chi connectivity index (χ1) is 19.8. The van der Waals surface area contributed by atoms with E-state index >= 15 is 0 Å². The maximum Gasteiger partial charge on any atom is 0.410 e. The number of anilines is 1. The average Bonchev–Trinajstić information content (AvgIpc) is 3.57. The Morgan fingerprint density at radius 1 is 1.24 bits per heavy atom. The van der Waals surface area contributed by atoms with Crippen molar-refractivity contribution in [3.05, 3.63) is 59.1 Å². The summed E-state index contributed by atoms with van der Waals surface area (Å²) in [5.74, 6) is -0.150. The van der Waals surface area contributed by atoms with Crippen molar-refractivity contribution in [1.29, 1.82) is 0 Å². The third-order valence-electron chi connectivity index (χ3n) is 7.70. The van der Waals surface area contributed by atoms with Gasteiger partial charge in [0.2, 0.25) is 0 Å². The molecule has 3 aromatic rings. The summed E-state index contributed by atoms with van der Waals surface area (Å²) in [6, 6.07) is 4.45. The molecular weight excluding hydrogens is 548 g/mol. The van der Waals surface area contributed by atoms with Gasteiger partial charge in [0.1, 0.15) is 48.0 Å². The third-order valence-corrected chi connectivity index (χ3v) is 7.70. The molecule has 1 saturated heterocycles. The Kier molecular flexibility index (Phi) is 6.88. The SMILES string of the molecule is CC(C)(C)OC(=O)N1CCc2cc(C(F)F)cc(OCC3=C[C@@H](n4ccc5c(N)ncnc54)[C@@H]4OC(C)(C)O[C@H]34)c2C1. The lowest BCUT2D eigenvalue weighted by Gasteiger charge is -2.32. The normalized spacial score (nSPS) is 23.2.